The molecule has 0 aromatic heterocycles. The lowest BCUT2D eigenvalue weighted by atomic mass is 9.95. The summed E-state index contributed by atoms with van der Waals surface area (Å²) >= 11 is 0. The number of carbonyl (C=O) groups is 1. The lowest BCUT2D eigenvalue weighted by Gasteiger charge is -2.25. The number of ether oxygens (including phenoxy) is 1. The molecule has 1 amide bonds. The third-order valence-corrected chi connectivity index (χ3v) is 3.63. The van der Waals surface area contributed by atoms with Crippen molar-refractivity contribution in [1.82, 2.24) is 15.5 Å². The Balaban J connectivity index is 1.66. The zero-order chi connectivity index (χ0) is 15.1. The molecular weight excluding hydrogens is 266 g/mol. The fourth-order valence-electron chi connectivity index (χ4n) is 2.36. The van der Waals surface area contributed by atoms with Gasteiger partial charge in [0.1, 0.15) is 0 Å². The lowest BCUT2D eigenvalue weighted by molar-refractivity contribution is -0.123. The lowest BCUT2D eigenvalue weighted by Crippen LogP contribution is -2.48. The number of nitrogens with zero attached hydrogens (tertiary/aromatic N) is 1. The van der Waals surface area contributed by atoms with Gasteiger partial charge in [0.05, 0.1) is 19.3 Å². The largest absolute Gasteiger partial charge is 0.378 e. The van der Waals surface area contributed by atoms with E-state index in [9.17, 15) is 4.79 Å². The SMILES string of the molecule is CN(C)CCOCCNC(=O)C1Cc2ccccc2CN1. The first-order valence-electron chi connectivity index (χ1n) is 7.47. The number of rotatable bonds is 7. The Bertz CT molecular complexity index is 463. The monoisotopic (exact) mass is 291 g/mol. The van der Waals surface area contributed by atoms with Gasteiger partial charge in [0.2, 0.25) is 5.91 Å². The van der Waals surface area contributed by atoms with E-state index in [0.717, 1.165) is 19.5 Å². The van der Waals surface area contributed by atoms with Crippen molar-refractivity contribution < 1.29 is 9.53 Å². The molecule has 1 aliphatic rings. The van der Waals surface area contributed by atoms with Crippen LogP contribution in [0.25, 0.3) is 0 Å². The highest BCUT2D eigenvalue weighted by atomic mass is 16.5. The van der Waals surface area contributed by atoms with Gasteiger partial charge in [-0.1, -0.05) is 24.3 Å². The van der Waals surface area contributed by atoms with Gasteiger partial charge >= 0.3 is 0 Å². The van der Waals surface area contributed by atoms with Crippen molar-refractivity contribution in [3.63, 3.8) is 0 Å². The molecule has 0 saturated carbocycles. The number of benzene rings is 1. The van der Waals surface area contributed by atoms with E-state index in [1.54, 1.807) is 0 Å². The Kier molecular flexibility index (Phi) is 6.17. The first-order valence-corrected chi connectivity index (χ1v) is 7.47. The number of hydrogen-bond donors (Lipinski definition) is 2. The maximum atomic E-state index is 12.1. The number of hydrogen-bond acceptors (Lipinski definition) is 4. The van der Waals surface area contributed by atoms with E-state index in [1.807, 2.05) is 26.2 Å². The van der Waals surface area contributed by atoms with E-state index in [1.165, 1.54) is 11.1 Å². The van der Waals surface area contributed by atoms with Crippen molar-refractivity contribution in [2.75, 3.05) is 40.4 Å². The molecule has 5 nitrogen and oxygen atoms in total. The summed E-state index contributed by atoms with van der Waals surface area (Å²) in [6.45, 7) is 3.47. The zero-order valence-corrected chi connectivity index (χ0v) is 12.9. The van der Waals surface area contributed by atoms with Crippen LogP contribution in [-0.2, 0) is 22.5 Å². The minimum atomic E-state index is -0.137. The molecule has 1 aromatic rings. The molecule has 0 aliphatic carbocycles. The average molecular weight is 291 g/mol. The van der Waals surface area contributed by atoms with Gasteiger partial charge in [0.15, 0.2) is 0 Å². The molecule has 0 bridgehead atoms. The summed E-state index contributed by atoms with van der Waals surface area (Å²) in [6.07, 6.45) is 0.753. The van der Waals surface area contributed by atoms with E-state index in [2.05, 4.69) is 27.7 Å². The maximum Gasteiger partial charge on any atom is 0.237 e. The minimum Gasteiger partial charge on any atom is -0.378 e. The molecule has 0 spiro atoms. The van der Waals surface area contributed by atoms with Crippen LogP contribution < -0.4 is 10.6 Å². The fourth-order valence-corrected chi connectivity index (χ4v) is 2.36. The van der Waals surface area contributed by atoms with Crippen LogP contribution in [0.2, 0.25) is 0 Å². The standard InChI is InChI=1S/C16H25N3O2/c1-19(2)8-10-21-9-7-17-16(20)15-11-13-5-3-4-6-14(13)12-18-15/h3-6,15,18H,7-12H2,1-2H3,(H,17,20). The molecule has 2 rings (SSSR count). The van der Waals surface area contributed by atoms with Crippen LogP contribution in [0.5, 0.6) is 0 Å². The van der Waals surface area contributed by atoms with Crippen LogP contribution in [0.15, 0.2) is 24.3 Å². The summed E-state index contributed by atoms with van der Waals surface area (Å²) < 4.78 is 5.46. The minimum absolute atomic E-state index is 0.0562. The van der Waals surface area contributed by atoms with Gasteiger partial charge in [0, 0.05) is 19.6 Å². The number of amides is 1. The van der Waals surface area contributed by atoms with Crippen molar-refractivity contribution in [2.45, 2.75) is 19.0 Å². The Hall–Kier alpha value is -1.43. The molecule has 1 aliphatic heterocycles. The Morgan fingerprint density at radius 3 is 2.86 bits per heavy atom. The summed E-state index contributed by atoms with van der Waals surface area (Å²) in [5, 5.41) is 6.21. The summed E-state index contributed by atoms with van der Waals surface area (Å²) in [7, 11) is 4.02. The molecule has 2 N–H and O–H groups in total. The Morgan fingerprint density at radius 2 is 2.10 bits per heavy atom. The smallest absolute Gasteiger partial charge is 0.237 e. The summed E-state index contributed by atoms with van der Waals surface area (Å²) in [5.41, 5.74) is 2.55. The number of nitrogens with one attached hydrogen (secondary N) is 2. The first-order chi connectivity index (χ1) is 10.2. The highest BCUT2D eigenvalue weighted by Gasteiger charge is 2.23. The summed E-state index contributed by atoms with van der Waals surface area (Å²) in [6, 6.07) is 8.13. The molecular formula is C16H25N3O2. The van der Waals surface area contributed by atoms with Gasteiger partial charge in [-0.05, 0) is 31.6 Å². The molecule has 1 aromatic carbocycles. The third-order valence-electron chi connectivity index (χ3n) is 3.63. The predicted octanol–water partition coefficient (Wildman–Crippen LogP) is 0.395. The second-order valence-electron chi connectivity index (χ2n) is 5.61. The van der Waals surface area contributed by atoms with Crippen molar-refractivity contribution in [3.8, 4) is 0 Å². The third kappa shape index (κ3) is 5.12. The zero-order valence-electron chi connectivity index (χ0n) is 12.9. The van der Waals surface area contributed by atoms with Gasteiger partial charge in [-0.3, -0.25) is 4.79 Å². The van der Waals surface area contributed by atoms with Crippen LogP contribution in [0.1, 0.15) is 11.1 Å². The Morgan fingerprint density at radius 1 is 1.33 bits per heavy atom. The summed E-state index contributed by atoms with van der Waals surface area (Å²) in [5.74, 6) is 0.0562. The van der Waals surface area contributed by atoms with Gasteiger partial charge < -0.3 is 20.3 Å². The highest BCUT2D eigenvalue weighted by molar-refractivity contribution is 5.82. The van der Waals surface area contributed by atoms with Crippen molar-refractivity contribution in [1.29, 1.82) is 0 Å². The van der Waals surface area contributed by atoms with Crippen molar-refractivity contribution >= 4 is 5.91 Å². The van der Waals surface area contributed by atoms with Crippen LogP contribution in [0, 0.1) is 0 Å². The van der Waals surface area contributed by atoms with Crippen LogP contribution in [0.3, 0.4) is 0 Å². The van der Waals surface area contributed by atoms with E-state index in [4.69, 9.17) is 4.74 Å². The molecule has 116 valence electrons. The molecule has 1 atom stereocenters. The van der Waals surface area contributed by atoms with Crippen LogP contribution in [0.4, 0.5) is 0 Å². The van der Waals surface area contributed by atoms with Gasteiger partial charge in [-0.15, -0.1) is 0 Å². The van der Waals surface area contributed by atoms with E-state index < -0.39 is 0 Å². The van der Waals surface area contributed by atoms with Gasteiger partial charge in [-0.25, -0.2) is 0 Å². The molecule has 0 fully saturated rings. The first kappa shape index (κ1) is 15.9. The second-order valence-corrected chi connectivity index (χ2v) is 5.61. The average Bonchev–Trinajstić information content (AvgIpc) is 2.49. The fraction of sp³-hybridized carbons (Fsp3) is 0.562. The molecule has 0 radical (unpaired) electrons. The van der Waals surface area contributed by atoms with Gasteiger partial charge in [-0.2, -0.15) is 0 Å². The molecule has 1 heterocycles. The molecule has 5 heteroatoms. The molecule has 1 unspecified atom stereocenters. The Labute approximate surface area is 126 Å². The number of carbonyl (C=O) groups excluding carboxylic acids is 1. The summed E-state index contributed by atoms with van der Waals surface area (Å²) in [4.78, 5) is 14.2. The number of fused-ring (bicyclic) bond motifs is 1. The predicted molar refractivity (Wildman–Crippen MR) is 83.2 cm³/mol. The van der Waals surface area contributed by atoms with E-state index in [0.29, 0.717) is 19.8 Å². The van der Waals surface area contributed by atoms with Gasteiger partial charge in [0.25, 0.3) is 0 Å². The molecule has 0 saturated heterocycles. The topological polar surface area (TPSA) is 53.6 Å². The van der Waals surface area contributed by atoms with Crippen LogP contribution >= 0.6 is 0 Å². The van der Waals surface area contributed by atoms with Crippen LogP contribution in [-0.4, -0.2) is 57.2 Å². The normalized spacial score (nSPS) is 17.6. The highest BCUT2D eigenvalue weighted by Crippen LogP contribution is 2.16. The molecule has 21 heavy (non-hydrogen) atoms. The van der Waals surface area contributed by atoms with E-state index in [-0.39, 0.29) is 11.9 Å². The second kappa shape index (κ2) is 8.12. The van der Waals surface area contributed by atoms with E-state index >= 15 is 0 Å². The van der Waals surface area contributed by atoms with Crippen molar-refractivity contribution in [3.05, 3.63) is 35.4 Å². The number of likely N-dealkylation sites (N-methyl/N-ethyl adjacent to an activating group) is 1. The maximum absolute atomic E-state index is 12.1. The van der Waals surface area contributed by atoms with Crippen molar-refractivity contribution in [2.24, 2.45) is 0 Å². The quantitative estimate of drug-likeness (QED) is 0.714.